The minimum atomic E-state index is -0.871. The van der Waals surface area contributed by atoms with Crippen molar-refractivity contribution in [1.29, 1.82) is 0 Å². The first kappa shape index (κ1) is 46.7. The molecule has 4 heterocycles. The van der Waals surface area contributed by atoms with Crippen molar-refractivity contribution in [3.63, 3.8) is 0 Å². The van der Waals surface area contributed by atoms with Crippen LogP contribution >= 0.6 is 36.7 Å². The van der Waals surface area contributed by atoms with Gasteiger partial charge in [0.1, 0.15) is 40.1 Å². The summed E-state index contributed by atoms with van der Waals surface area (Å²) in [7, 11) is 3.07. The summed E-state index contributed by atoms with van der Waals surface area (Å²) in [5.74, 6) is -1.48. The minimum Gasteiger partial charge on any atom is -0.379 e. The van der Waals surface area contributed by atoms with Crippen molar-refractivity contribution in [3.8, 4) is 0 Å². The number of amides is 3. The largest absolute Gasteiger partial charge is 0.379 e. The fourth-order valence-electron chi connectivity index (χ4n) is 7.92. The normalized spacial score (nSPS) is 16.6. The van der Waals surface area contributed by atoms with Crippen molar-refractivity contribution in [2.75, 3.05) is 33.7 Å². The van der Waals surface area contributed by atoms with Crippen molar-refractivity contribution in [3.05, 3.63) is 118 Å². The summed E-state index contributed by atoms with van der Waals surface area (Å²) >= 11 is 16.5. The molecule has 2 aliphatic heterocycles. The molecule has 4 fully saturated rings. The molecule has 4 aliphatic rings. The van der Waals surface area contributed by atoms with E-state index < -0.39 is 28.6 Å². The Morgan fingerprint density at radius 3 is 1.40 bits per heavy atom. The van der Waals surface area contributed by atoms with Crippen molar-refractivity contribution in [2.24, 2.45) is 0 Å². The fraction of sp³-hybridized carbons (Fsp3) is 0.318. The third kappa shape index (κ3) is 7.42. The van der Waals surface area contributed by atoms with Gasteiger partial charge in [0, 0.05) is 31.0 Å². The monoisotopic (exact) mass is 894 g/mol. The Hall–Kier alpha value is -6.34. The Labute approximate surface area is 375 Å². The van der Waals surface area contributed by atoms with Gasteiger partial charge in [-0.1, -0.05) is 40.2 Å². The molecular weight excluding hydrogens is 851 g/mol. The van der Waals surface area contributed by atoms with Crippen LogP contribution in [0.15, 0.2) is 60.9 Å². The van der Waals surface area contributed by atoms with Gasteiger partial charge in [-0.15, -0.1) is 9.97 Å². The van der Waals surface area contributed by atoms with Gasteiger partial charge in [0.25, 0.3) is 29.4 Å². The molecule has 0 atom stereocenters. The van der Waals surface area contributed by atoms with Crippen LogP contribution in [-0.2, 0) is 9.59 Å². The molecule has 3 amide bonds. The van der Waals surface area contributed by atoms with Gasteiger partial charge in [0.2, 0.25) is 0 Å². The lowest BCUT2D eigenvalue weighted by Crippen LogP contribution is -2.55. The molecule has 18 heteroatoms. The van der Waals surface area contributed by atoms with E-state index in [2.05, 4.69) is 30.3 Å². The summed E-state index contributed by atoms with van der Waals surface area (Å²) in [6.45, 7) is 17.8. The van der Waals surface area contributed by atoms with Crippen LogP contribution in [0, 0.1) is 38.6 Å². The lowest BCUT2D eigenvalue weighted by Gasteiger charge is -2.43. The summed E-state index contributed by atoms with van der Waals surface area (Å²) < 4.78 is 29.4. The quantitative estimate of drug-likeness (QED) is 0.143. The number of pyridine rings is 2. The van der Waals surface area contributed by atoms with Crippen LogP contribution < -0.4 is 30.2 Å². The second kappa shape index (κ2) is 17.9. The molecule has 8 rings (SSSR count). The zero-order valence-corrected chi connectivity index (χ0v) is 35.2. The number of aromatic nitrogens is 2. The predicted molar refractivity (Wildman–Crippen MR) is 249 cm³/mol. The summed E-state index contributed by atoms with van der Waals surface area (Å²) in [5.41, 5.74) is 1.75. The average Bonchev–Trinajstić information content (AvgIpc) is 3.59. The van der Waals surface area contributed by atoms with E-state index in [1.807, 2.05) is 0 Å². The van der Waals surface area contributed by atoms with Crippen LogP contribution in [-0.4, -0.2) is 68.1 Å². The molecular formula is C44H44F2N10O3S3. The van der Waals surface area contributed by atoms with E-state index in [1.165, 1.54) is 47.4 Å². The average molecular weight is 895 g/mol. The van der Waals surface area contributed by atoms with E-state index in [9.17, 15) is 23.2 Å². The molecule has 2 aromatic heterocycles. The van der Waals surface area contributed by atoms with Gasteiger partial charge in [0.05, 0.1) is 16.9 Å². The van der Waals surface area contributed by atoms with E-state index in [-0.39, 0.29) is 54.1 Å². The number of anilines is 4. The van der Waals surface area contributed by atoms with Crippen LogP contribution in [0.25, 0.3) is 9.69 Å². The Morgan fingerprint density at radius 1 is 0.694 bits per heavy atom. The Morgan fingerprint density at radius 2 is 1.10 bits per heavy atom. The molecule has 2 saturated carbocycles. The molecule has 4 aromatic rings. The van der Waals surface area contributed by atoms with Gasteiger partial charge >= 0.3 is 0 Å². The molecule has 2 aromatic carbocycles. The number of nitrogens with zero attached hydrogens (tertiary/aromatic N) is 8. The topological polar surface area (TPSA) is 123 Å². The van der Waals surface area contributed by atoms with Crippen molar-refractivity contribution >= 4 is 104 Å². The zero-order valence-electron chi connectivity index (χ0n) is 32.8. The van der Waals surface area contributed by atoms with Gasteiger partial charge < -0.3 is 30.1 Å². The molecule has 2 N–H and O–H groups in total. The van der Waals surface area contributed by atoms with Crippen molar-refractivity contribution < 1.29 is 23.2 Å². The van der Waals surface area contributed by atoms with Gasteiger partial charge in [-0.25, -0.2) is 8.78 Å². The number of thiocarbonyl (C=S) groups is 3. The molecule has 2 spiro atoms. The molecule has 2 saturated heterocycles. The molecule has 2 aliphatic carbocycles. The highest BCUT2D eigenvalue weighted by atomic mass is 32.1. The summed E-state index contributed by atoms with van der Waals surface area (Å²) in [6.07, 6.45) is 7.12. The van der Waals surface area contributed by atoms with E-state index >= 15 is 0 Å². The van der Waals surface area contributed by atoms with Gasteiger partial charge in [-0.05, 0) is 136 Å². The third-order valence-corrected chi connectivity index (χ3v) is 12.5. The molecule has 62 heavy (non-hydrogen) atoms. The second-order valence-corrected chi connectivity index (χ2v) is 15.8. The highest BCUT2D eigenvalue weighted by Gasteiger charge is 2.61. The number of hydrogen-bond acceptors (Lipinski definition) is 8. The highest BCUT2D eigenvalue weighted by molar-refractivity contribution is 7.81. The van der Waals surface area contributed by atoms with Crippen molar-refractivity contribution in [1.82, 2.24) is 20.6 Å². The summed E-state index contributed by atoms with van der Waals surface area (Å²) in [6, 6.07) is 12.4. The van der Waals surface area contributed by atoms with Crippen LogP contribution in [0.2, 0.25) is 0 Å². The number of nitrogens with one attached hydrogen (secondary N) is 2. The number of rotatable bonds is 6. The second-order valence-electron chi connectivity index (χ2n) is 14.7. The van der Waals surface area contributed by atoms with Gasteiger partial charge in [0.15, 0.2) is 10.2 Å². The number of carbonyl (C=O) groups is 3. The highest BCUT2D eigenvalue weighted by Crippen LogP contribution is 2.49. The van der Waals surface area contributed by atoms with E-state index in [1.54, 1.807) is 61.0 Å². The number of benzene rings is 2. The minimum absolute atomic E-state index is 0. The SMILES string of the molecule is C.C.[C-]#[N+]c1ncc(N2C(=O)C3(CCC3)N(c3ccc(C(=O)NC)c(F)c3)C2=S)cc1C.[C-]#[N+]c1ncc(N2C(=O)C3(CCC3)N(c3ccc(C(=S)NC)c(F)c3)C2=S)cc1C. The van der Waals surface area contributed by atoms with Crippen LogP contribution in [0.5, 0.6) is 0 Å². The fourth-order valence-corrected chi connectivity index (χ4v) is 9.03. The first-order valence-electron chi connectivity index (χ1n) is 18.8. The maximum atomic E-state index is 14.8. The maximum Gasteiger partial charge on any atom is 0.272 e. The van der Waals surface area contributed by atoms with Crippen LogP contribution in [0.4, 0.5) is 43.2 Å². The zero-order chi connectivity index (χ0) is 43.3. The molecule has 320 valence electrons. The number of hydrogen-bond donors (Lipinski definition) is 2. The third-order valence-electron chi connectivity index (χ3n) is 11.4. The maximum absolute atomic E-state index is 14.8. The van der Waals surface area contributed by atoms with Crippen LogP contribution in [0.3, 0.4) is 0 Å². The van der Waals surface area contributed by atoms with Gasteiger partial charge in [-0.2, -0.15) is 0 Å². The Balaban J connectivity index is 0.000000227. The number of aryl methyl sites for hydroxylation is 2. The van der Waals surface area contributed by atoms with Crippen molar-refractivity contribution in [2.45, 2.75) is 78.3 Å². The molecule has 0 radical (unpaired) electrons. The Bertz CT molecular complexity index is 2460. The predicted octanol–water partition coefficient (Wildman–Crippen LogP) is 8.81. The van der Waals surface area contributed by atoms with E-state index in [0.717, 1.165) is 12.8 Å². The Kier molecular flexibility index (Phi) is 13.5. The van der Waals surface area contributed by atoms with E-state index in [0.29, 0.717) is 70.1 Å². The lowest BCUT2D eigenvalue weighted by atomic mass is 9.75. The molecule has 0 unspecified atom stereocenters. The first-order valence-corrected chi connectivity index (χ1v) is 20.0. The standard InChI is InChI=1S/C21H18FN5O2S.C21H18FN5OS2.2CH4/c1-12-9-14(11-25-17(12)23-2)26-19(29)21(7-4-8-21)27(20(26)30)13-5-6-15(16(22)10-13)18(28)24-3;1-12-9-14(11-25-17(12)23-2)26-19(28)21(7-4-8-21)27(20(26)30)13-5-6-15(16(22)10-13)18(29)24-3;;/h5-6,9-11H,4,7-8H2,1,3H3,(H,24,28);5-6,9-11H,4,7-8H2,1,3H3,(H,24,29);2*1H4. The number of halogens is 2. The smallest absolute Gasteiger partial charge is 0.272 e. The van der Waals surface area contributed by atoms with E-state index in [4.69, 9.17) is 49.8 Å². The lowest BCUT2D eigenvalue weighted by molar-refractivity contribution is -0.124. The van der Waals surface area contributed by atoms with Gasteiger partial charge in [-0.3, -0.25) is 24.2 Å². The summed E-state index contributed by atoms with van der Waals surface area (Å²) in [5, 5.41) is 5.67. The first-order chi connectivity index (χ1) is 28.7. The summed E-state index contributed by atoms with van der Waals surface area (Å²) in [4.78, 5) is 60.3. The number of carbonyl (C=O) groups excluding carboxylic acids is 3. The van der Waals surface area contributed by atoms with Crippen LogP contribution in [0.1, 0.15) is 80.4 Å². The molecule has 0 bridgehead atoms. The molecule has 13 nitrogen and oxygen atoms in total.